The van der Waals surface area contributed by atoms with Gasteiger partial charge in [-0.1, -0.05) is 0 Å². The van der Waals surface area contributed by atoms with Gasteiger partial charge in [-0.05, 0) is 30.0 Å². The third-order valence-corrected chi connectivity index (χ3v) is 4.30. The van der Waals surface area contributed by atoms with E-state index in [1.165, 1.54) is 22.4 Å². The van der Waals surface area contributed by atoms with E-state index >= 15 is 0 Å². The number of thiophene rings is 1. The molecule has 0 saturated heterocycles. The number of aryl methyl sites for hydroxylation is 1. The number of carbonyl (C=O) groups excluding carboxylic acids is 1. The van der Waals surface area contributed by atoms with Crippen LogP contribution in [0.1, 0.15) is 20.9 Å². The van der Waals surface area contributed by atoms with Gasteiger partial charge in [0.15, 0.2) is 0 Å². The standard InChI is InChI=1S/C15H19N3O3S/c1-11-6-9-22-13(11)10-17(2)15(20)12-4-5-14(19)18(16-12)7-8-21-3/h4-6,9H,7-8,10H2,1-3H3. The molecular weight excluding hydrogens is 302 g/mol. The number of nitrogens with zero attached hydrogens (tertiary/aromatic N) is 3. The van der Waals surface area contributed by atoms with Crippen LogP contribution in [0.5, 0.6) is 0 Å². The molecule has 0 aliphatic carbocycles. The fraction of sp³-hybridized carbons (Fsp3) is 0.400. The van der Waals surface area contributed by atoms with Crippen LogP contribution in [-0.4, -0.2) is 41.4 Å². The van der Waals surface area contributed by atoms with Gasteiger partial charge < -0.3 is 9.64 Å². The van der Waals surface area contributed by atoms with Gasteiger partial charge in [-0.25, -0.2) is 4.68 Å². The van der Waals surface area contributed by atoms with Gasteiger partial charge in [0.2, 0.25) is 0 Å². The number of rotatable bonds is 6. The maximum atomic E-state index is 12.4. The molecule has 0 radical (unpaired) electrons. The zero-order valence-corrected chi connectivity index (χ0v) is 13.7. The zero-order chi connectivity index (χ0) is 16.1. The minimum Gasteiger partial charge on any atom is -0.383 e. The lowest BCUT2D eigenvalue weighted by Crippen LogP contribution is -2.31. The maximum absolute atomic E-state index is 12.4. The van der Waals surface area contributed by atoms with Gasteiger partial charge in [0, 0.05) is 25.1 Å². The Morgan fingerprint density at radius 3 is 2.82 bits per heavy atom. The molecule has 6 nitrogen and oxygen atoms in total. The van der Waals surface area contributed by atoms with Gasteiger partial charge in [0.25, 0.3) is 11.5 Å². The van der Waals surface area contributed by atoms with Gasteiger partial charge >= 0.3 is 0 Å². The van der Waals surface area contributed by atoms with Crippen molar-refractivity contribution >= 4 is 17.2 Å². The highest BCUT2D eigenvalue weighted by atomic mass is 32.1. The summed E-state index contributed by atoms with van der Waals surface area (Å²) < 4.78 is 6.19. The van der Waals surface area contributed by atoms with Crippen LogP contribution in [0.15, 0.2) is 28.4 Å². The van der Waals surface area contributed by atoms with Crippen LogP contribution in [0.2, 0.25) is 0 Å². The molecule has 2 heterocycles. The van der Waals surface area contributed by atoms with Crippen molar-refractivity contribution in [2.75, 3.05) is 20.8 Å². The number of ether oxygens (including phenoxy) is 1. The quantitative estimate of drug-likeness (QED) is 0.809. The summed E-state index contributed by atoms with van der Waals surface area (Å²) in [5.74, 6) is -0.209. The van der Waals surface area contributed by atoms with Crippen LogP contribution in [-0.2, 0) is 17.8 Å². The molecule has 0 aromatic carbocycles. The Labute approximate surface area is 132 Å². The zero-order valence-electron chi connectivity index (χ0n) is 12.9. The lowest BCUT2D eigenvalue weighted by atomic mass is 10.2. The first-order chi connectivity index (χ1) is 10.5. The number of hydrogen-bond acceptors (Lipinski definition) is 5. The van der Waals surface area contributed by atoms with E-state index in [0.717, 1.165) is 4.88 Å². The molecule has 0 aliphatic heterocycles. The van der Waals surface area contributed by atoms with Crippen LogP contribution < -0.4 is 5.56 Å². The highest BCUT2D eigenvalue weighted by Crippen LogP contribution is 2.17. The average Bonchev–Trinajstić information content (AvgIpc) is 2.91. The molecule has 7 heteroatoms. The van der Waals surface area contributed by atoms with Crippen molar-refractivity contribution in [3.05, 3.63) is 50.1 Å². The van der Waals surface area contributed by atoms with Crippen LogP contribution in [0.4, 0.5) is 0 Å². The largest absolute Gasteiger partial charge is 0.383 e. The molecule has 0 unspecified atom stereocenters. The molecule has 22 heavy (non-hydrogen) atoms. The number of amides is 1. The van der Waals surface area contributed by atoms with E-state index in [2.05, 4.69) is 5.10 Å². The van der Waals surface area contributed by atoms with Crippen LogP contribution in [0.3, 0.4) is 0 Å². The third kappa shape index (κ3) is 3.80. The Kier molecular flexibility index (Phi) is 5.46. The third-order valence-electron chi connectivity index (χ3n) is 3.29. The van der Waals surface area contributed by atoms with Crippen molar-refractivity contribution in [1.29, 1.82) is 0 Å². The molecule has 0 fully saturated rings. The minimum absolute atomic E-state index is 0.209. The molecule has 0 aliphatic rings. The summed E-state index contributed by atoms with van der Waals surface area (Å²) in [5, 5.41) is 6.12. The van der Waals surface area contributed by atoms with Gasteiger partial charge in [0.05, 0.1) is 19.7 Å². The van der Waals surface area contributed by atoms with E-state index in [4.69, 9.17) is 4.74 Å². The van der Waals surface area contributed by atoms with E-state index in [-0.39, 0.29) is 17.2 Å². The summed E-state index contributed by atoms with van der Waals surface area (Å²) in [7, 11) is 3.28. The van der Waals surface area contributed by atoms with E-state index in [1.54, 1.807) is 30.4 Å². The van der Waals surface area contributed by atoms with Crippen molar-refractivity contribution in [3.63, 3.8) is 0 Å². The summed E-state index contributed by atoms with van der Waals surface area (Å²) in [6.45, 7) is 3.24. The summed E-state index contributed by atoms with van der Waals surface area (Å²) in [4.78, 5) is 26.9. The van der Waals surface area contributed by atoms with E-state index in [0.29, 0.717) is 19.7 Å². The predicted octanol–water partition coefficient (Wildman–Crippen LogP) is 1.53. The number of hydrogen-bond donors (Lipinski definition) is 0. The van der Waals surface area contributed by atoms with E-state index in [9.17, 15) is 9.59 Å². The Hall–Kier alpha value is -1.99. The monoisotopic (exact) mass is 321 g/mol. The Morgan fingerprint density at radius 1 is 1.41 bits per heavy atom. The topological polar surface area (TPSA) is 64.4 Å². The lowest BCUT2D eigenvalue weighted by Gasteiger charge is -2.16. The molecule has 2 rings (SSSR count). The van der Waals surface area contributed by atoms with Gasteiger partial charge in [-0.2, -0.15) is 5.10 Å². The fourth-order valence-electron chi connectivity index (χ4n) is 1.95. The van der Waals surface area contributed by atoms with Crippen LogP contribution in [0.25, 0.3) is 0 Å². The van der Waals surface area contributed by atoms with E-state index in [1.807, 2.05) is 18.4 Å². The SMILES string of the molecule is COCCn1nc(C(=O)N(C)Cc2sccc2C)ccc1=O. The first-order valence-electron chi connectivity index (χ1n) is 6.88. The van der Waals surface area contributed by atoms with Gasteiger partial charge in [-0.3, -0.25) is 9.59 Å². The summed E-state index contributed by atoms with van der Waals surface area (Å²) in [6, 6.07) is 4.85. The first-order valence-corrected chi connectivity index (χ1v) is 7.76. The molecular formula is C15H19N3O3S. The Morgan fingerprint density at radius 2 is 2.18 bits per heavy atom. The molecule has 0 saturated carbocycles. The number of aromatic nitrogens is 2. The van der Waals surface area contributed by atoms with Gasteiger partial charge in [0.1, 0.15) is 5.69 Å². The minimum atomic E-state index is -0.245. The van der Waals surface area contributed by atoms with Crippen molar-refractivity contribution in [2.24, 2.45) is 0 Å². The molecule has 0 atom stereocenters. The second kappa shape index (κ2) is 7.33. The lowest BCUT2D eigenvalue weighted by molar-refractivity contribution is 0.0776. The van der Waals surface area contributed by atoms with Crippen molar-refractivity contribution in [1.82, 2.24) is 14.7 Å². The molecule has 2 aromatic heterocycles. The normalized spacial score (nSPS) is 10.7. The molecule has 0 N–H and O–H groups in total. The smallest absolute Gasteiger partial charge is 0.274 e. The average molecular weight is 321 g/mol. The van der Waals surface area contributed by atoms with Crippen LogP contribution >= 0.6 is 11.3 Å². The maximum Gasteiger partial charge on any atom is 0.274 e. The predicted molar refractivity (Wildman–Crippen MR) is 85.2 cm³/mol. The Bertz CT molecular complexity index is 708. The molecule has 118 valence electrons. The van der Waals surface area contributed by atoms with Crippen LogP contribution in [0, 0.1) is 6.92 Å². The summed E-state index contributed by atoms with van der Waals surface area (Å²) >= 11 is 1.62. The second-order valence-electron chi connectivity index (χ2n) is 4.96. The Balaban J connectivity index is 2.14. The highest BCUT2D eigenvalue weighted by Gasteiger charge is 2.16. The highest BCUT2D eigenvalue weighted by molar-refractivity contribution is 7.10. The van der Waals surface area contributed by atoms with Gasteiger partial charge in [-0.15, -0.1) is 11.3 Å². The summed E-state index contributed by atoms with van der Waals surface area (Å²) in [5.41, 5.74) is 1.18. The molecule has 1 amide bonds. The van der Waals surface area contributed by atoms with Crippen molar-refractivity contribution in [3.8, 4) is 0 Å². The molecule has 2 aromatic rings. The summed E-state index contributed by atoms with van der Waals surface area (Å²) in [6.07, 6.45) is 0. The van der Waals surface area contributed by atoms with Crippen molar-refractivity contribution in [2.45, 2.75) is 20.0 Å². The van der Waals surface area contributed by atoms with E-state index < -0.39 is 0 Å². The molecule has 0 bridgehead atoms. The van der Waals surface area contributed by atoms with Crippen molar-refractivity contribution < 1.29 is 9.53 Å². The first kappa shape index (κ1) is 16.4. The number of methoxy groups -OCH3 is 1. The number of carbonyl (C=O) groups is 1. The fourth-order valence-corrected chi connectivity index (χ4v) is 2.91. The molecule has 0 spiro atoms. The second-order valence-corrected chi connectivity index (χ2v) is 5.96.